The maximum absolute atomic E-state index is 10.8. The summed E-state index contributed by atoms with van der Waals surface area (Å²) in [5, 5.41) is 22.6. The average molecular weight is 207 g/mol. The van der Waals surface area contributed by atoms with Crippen LogP contribution in [0, 0.1) is 5.21 Å². The number of hydrogen-bond donors (Lipinski definition) is 1. The van der Waals surface area contributed by atoms with E-state index < -0.39 is 0 Å². The van der Waals surface area contributed by atoms with Crippen LogP contribution in [0.2, 0.25) is 0 Å². The summed E-state index contributed by atoms with van der Waals surface area (Å²) in [6, 6.07) is 4.76. The molecule has 80 valence electrons. The van der Waals surface area contributed by atoms with Crippen LogP contribution >= 0.6 is 0 Å². The predicted molar refractivity (Wildman–Crippen MR) is 57.0 cm³/mol. The smallest absolute Gasteiger partial charge is 0.0623 e. The minimum absolute atomic E-state index is 0.0426. The molecule has 0 unspecified atom stereocenters. The summed E-state index contributed by atoms with van der Waals surface area (Å²) in [6.07, 6.45) is 0. The Kier molecular flexibility index (Phi) is 3.51. The molecule has 6 heteroatoms. The van der Waals surface area contributed by atoms with E-state index in [1.807, 2.05) is 13.8 Å². The number of hydrogen-bond acceptors (Lipinski definition) is 4. The van der Waals surface area contributed by atoms with Gasteiger partial charge < -0.3 is 10.4 Å². The molecule has 0 spiro atoms. The van der Waals surface area contributed by atoms with Gasteiger partial charge in [0.05, 0.1) is 11.4 Å². The molecule has 0 radical (unpaired) electrons. The van der Waals surface area contributed by atoms with E-state index in [9.17, 15) is 5.21 Å². The number of nitrogens with zero attached hydrogens (tertiary/aromatic N) is 4. The summed E-state index contributed by atoms with van der Waals surface area (Å²) in [7, 11) is 0. The first-order chi connectivity index (χ1) is 7.06. The Morgan fingerprint density at radius 3 is 2.67 bits per heavy atom. The third-order valence-corrected chi connectivity index (χ3v) is 2.02. The van der Waals surface area contributed by atoms with Gasteiger partial charge in [0.1, 0.15) is 0 Å². The molecule has 1 N–H and O–H groups in total. The second kappa shape index (κ2) is 4.65. The van der Waals surface area contributed by atoms with Gasteiger partial charge in [-0.05, 0) is 23.1 Å². The second-order valence-corrected chi connectivity index (χ2v) is 3.37. The molecule has 1 rings (SSSR count). The summed E-state index contributed by atoms with van der Waals surface area (Å²) in [5.41, 5.74) is 9.21. The third-order valence-electron chi connectivity index (χ3n) is 2.02. The van der Waals surface area contributed by atoms with E-state index in [0.717, 1.165) is 5.56 Å². The molecule has 0 bridgehead atoms. The summed E-state index contributed by atoms with van der Waals surface area (Å²) in [5.74, 6) is 0.226. The number of rotatable bonds is 3. The Hall–Kier alpha value is -1.75. The normalized spacial score (nSPS) is 9.93. The molecule has 1 aromatic rings. The lowest BCUT2D eigenvalue weighted by Gasteiger charge is -2.24. The highest BCUT2D eigenvalue weighted by Gasteiger charge is 2.05. The van der Waals surface area contributed by atoms with Gasteiger partial charge in [0.15, 0.2) is 0 Å². The van der Waals surface area contributed by atoms with Crippen molar-refractivity contribution in [1.29, 1.82) is 0 Å². The summed E-state index contributed by atoms with van der Waals surface area (Å²) in [4.78, 5) is 2.57. The predicted octanol–water partition coefficient (Wildman–Crippen LogP) is 3.45. The molecule has 0 saturated carbocycles. The molecule has 0 aliphatic rings. The fraction of sp³-hybridized carbons (Fsp3) is 0.333. The quantitative estimate of drug-likeness (QED) is 0.356. The van der Waals surface area contributed by atoms with Crippen molar-refractivity contribution in [2.24, 2.45) is 5.11 Å². The average Bonchev–Trinajstić information content (AvgIpc) is 2.18. The highest BCUT2D eigenvalue weighted by molar-refractivity contribution is 5.67. The molecule has 0 heterocycles. The first kappa shape index (κ1) is 11.3. The van der Waals surface area contributed by atoms with Gasteiger partial charge in [0.25, 0.3) is 0 Å². The first-order valence-corrected chi connectivity index (χ1v) is 4.41. The SMILES string of the molecule is CC(C)c1ccc(N=[N+]=[N-])c(N([O-])O)c1. The molecule has 0 fully saturated rings. The third kappa shape index (κ3) is 2.60. The minimum Gasteiger partial charge on any atom is -0.733 e. The van der Waals surface area contributed by atoms with Crippen molar-refractivity contribution in [2.45, 2.75) is 19.8 Å². The molecule has 6 nitrogen and oxygen atoms in total. The van der Waals surface area contributed by atoms with Crippen LogP contribution in [0.25, 0.3) is 10.4 Å². The molecule has 0 amide bonds. The van der Waals surface area contributed by atoms with Gasteiger partial charge in [0.2, 0.25) is 0 Å². The molecule has 0 aliphatic heterocycles. The van der Waals surface area contributed by atoms with Crippen LogP contribution in [-0.2, 0) is 0 Å². The summed E-state index contributed by atoms with van der Waals surface area (Å²) < 4.78 is 0. The second-order valence-electron chi connectivity index (χ2n) is 3.37. The van der Waals surface area contributed by atoms with Gasteiger partial charge in [0, 0.05) is 4.91 Å². The number of azide groups is 1. The monoisotopic (exact) mass is 207 g/mol. The van der Waals surface area contributed by atoms with E-state index in [1.165, 1.54) is 12.1 Å². The van der Waals surface area contributed by atoms with E-state index in [1.54, 1.807) is 6.07 Å². The van der Waals surface area contributed by atoms with Crippen LogP contribution in [0.15, 0.2) is 23.3 Å². The molecule has 0 saturated heterocycles. The standard InChI is InChI=1S/C9H11N4O2/c1-6(2)7-3-4-8(11-12-10)9(5-7)13(14)15/h3-6,14H,1-2H3/q-1. The van der Waals surface area contributed by atoms with Crippen LogP contribution < -0.4 is 5.23 Å². The molecule has 0 aromatic heterocycles. The van der Waals surface area contributed by atoms with Gasteiger partial charge in [-0.25, -0.2) is 0 Å². The Balaban J connectivity index is 3.26. The topological polar surface area (TPSA) is 95.3 Å². The Bertz CT molecular complexity index is 397. The van der Waals surface area contributed by atoms with Crippen molar-refractivity contribution in [1.82, 2.24) is 0 Å². The van der Waals surface area contributed by atoms with Crippen molar-refractivity contribution in [3.8, 4) is 0 Å². The summed E-state index contributed by atoms with van der Waals surface area (Å²) >= 11 is 0. The fourth-order valence-corrected chi connectivity index (χ4v) is 1.19. The Morgan fingerprint density at radius 2 is 2.20 bits per heavy atom. The lowest BCUT2D eigenvalue weighted by molar-refractivity contribution is 0.297. The zero-order chi connectivity index (χ0) is 11.4. The van der Waals surface area contributed by atoms with Crippen LogP contribution in [0.5, 0.6) is 0 Å². The highest BCUT2D eigenvalue weighted by Crippen LogP contribution is 2.31. The van der Waals surface area contributed by atoms with Gasteiger partial charge in [-0.2, -0.15) is 0 Å². The molecular formula is C9H11N4O2-. The van der Waals surface area contributed by atoms with E-state index in [-0.39, 0.29) is 22.5 Å². The lowest BCUT2D eigenvalue weighted by atomic mass is 10.0. The first-order valence-electron chi connectivity index (χ1n) is 4.41. The fourth-order valence-electron chi connectivity index (χ4n) is 1.19. The maximum atomic E-state index is 10.8. The Morgan fingerprint density at radius 1 is 1.53 bits per heavy atom. The van der Waals surface area contributed by atoms with Crippen molar-refractivity contribution in [3.63, 3.8) is 0 Å². The Labute approximate surface area is 86.9 Å². The molecular weight excluding hydrogens is 196 g/mol. The zero-order valence-electron chi connectivity index (χ0n) is 8.45. The van der Waals surface area contributed by atoms with Gasteiger partial charge in [-0.3, -0.25) is 5.21 Å². The van der Waals surface area contributed by atoms with Gasteiger partial charge in [-0.1, -0.05) is 31.1 Å². The number of anilines is 1. The molecule has 0 aliphatic carbocycles. The van der Waals surface area contributed by atoms with E-state index in [2.05, 4.69) is 10.0 Å². The van der Waals surface area contributed by atoms with Crippen molar-refractivity contribution >= 4 is 11.4 Å². The highest BCUT2D eigenvalue weighted by atomic mass is 16.8. The van der Waals surface area contributed by atoms with E-state index >= 15 is 0 Å². The van der Waals surface area contributed by atoms with Crippen LogP contribution in [0.1, 0.15) is 25.3 Å². The van der Waals surface area contributed by atoms with Gasteiger partial charge >= 0.3 is 0 Å². The lowest BCUT2D eigenvalue weighted by Crippen LogP contribution is -2.07. The molecule has 15 heavy (non-hydrogen) atoms. The van der Waals surface area contributed by atoms with Crippen LogP contribution in [0.3, 0.4) is 0 Å². The molecule has 0 atom stereocenters. The maximum Gasteiger partial charge on any atom is 0.0623 e. The van der Waals surface area contributed by atoms with E-state index in [0.29, 0.717) is 0 Å². The van der Waals surface area contributed by atoms with E-state index in [4.69, 9.17) is 10.7 Å². The molecule has 1 aromatic carbocycles. The largest absolute Gasteiger partial charge is 0.733 e. The summed E-state index contributed by atoms with van der Waals surface area (Å²) in [6.45, 7) is 3.91. The van der Waals surface area contributed by atoms with Crippen LogP contribution in [0.4, 0.5) is 11.4 Å². The minimum atomic E-state index is -0.296. The zero-order valence-corrected chi connectivity index (χ0v) is 8.45. The van der Waals surface area contributed by atoms with Gasteiger partial charge in [-0.15, -0.1) is 0 Å². The number of benzene rings is 1. The van der Waals surface area contributed by atoms with Crippen molar-refractivity contribution in [2.75, 3.05) is 5.23 Å². The van der Waals surface area contributed by atoms with Crippen LogP contribution in [-0.4, -0.2) is 5.21 Å². The van der Waals surface area contributed by atoms with Crippen molar-refractivity contribution < 1.29 is 5.21 Å². The van der Waals surface area contributed by atoms with Crippen molar-refractivity contribution in [3.05, 3.63) is 39.4 Å².